The van der Waals surface area contributed by atoms with Crippen molar-refractivity contribution in [2.75, 3.05) is 18.6 Å². The Morgan fingerprint density at radius 1 is 1.21 bits per heavy atom. The third kappa shape index (κ3) is 2.73. The topological polar surface area (TPSA) is 122 Å². The van der Waals surface area contributed by atoms with Gasteiger partial charge in [-0.05, 0) is 25.7 Å². The third-order valence-corrected chi connectivity index (χ3v) is 4.98. The van der Waals surface area contributed by atoms with Crippen molar-refractivity contribution in [2.24, 2.45) is 0 Å². The van der Waals surface area contributed by atoms with Crippen LogP contribution in [0.25, 0.3) is 27.8 Å². The molecule has 0 atom stereocenters. The van der Waals surface area contributed by atoms with Crippen LogP contribution in [-0.4, -0.2) is 48.8 Å². The molecule has 0 saturated heterocycles. The molecule has 0 aliphatic heterocycles. The van der Waals surface area contributed by atoms with Crippen LogP contribution in [0.3, 0.4) is 0 Å². The average Bonchev–Trinajstić information content (AvgIpc) is 3.04. The van der Waals surface area contributed by atoms with E-state index in [4.69, 9.17) is 10.5 Å². The van der Waals surface area contributed by atoms with Crippen LogP contribution >= 0.6 is 11.8 Å². The van der Waals surface area contributed by atoms with Crippen LogP contribution in [0, 0.1) is 6.92 Å². The quantitative estimate of drug-likeness (QED) is 0.315. The van der Waals surface area contributed by atoms with Gasteiger partial charge in [-0.1, -0.05) is 18.2 Å². The van der Waals surface area contributed by atoms with E-state index in [0.717, 1.165) is 16.5 Å². The monoisotopic (exact) mass is 395 g/mol. The van der Waals surface area contributed by atoms with Gasteiger partial charge in [0.15, 0.2) is 11.3 Å². The number of benzene rings is 1. The van der Waals surface area contributed by atoms with E-state index in [1.807, 2.05) is 31.4 Å². The van der Waals surface area contributed by atoms with Crippen molar-refractivity contribution < 1.29 is 9.53 Å². The average molecular weight is 395 g/mol. The number of ether oxygens (including phenoxy) is 1. The standard InChI is InChI=1S/C18H17N7O2S/c1-4-27-18(26)11-15(19)25(24-17(11)28-3)16-14-13(20-8-21-16)10-7-5-6-9(2)12(10)22-23-14/h5-8H,4,19H2,1-3H3. The summed E-state index contributed by atoms with van der Waals surface area (Å²) in [6.07, 6.45) is 3.23. The first kappa shape index (κ1) is 18.1. The van der Waals surface area contributed by atoms with Gasteiger partial charge in [-0.25, -0.2) is 14.8 Å². The Bertz CT molecular complexity index is 1220. The molecule has 0 fully saturated rings. The molecule has 0 aliphatic carbocycles. The number of nitrogen functional groups attached to an aromatic ring is 1. The van der Waals surface area contributed by atoms with Gasteiger partial charge in [0, 0.05) is 5.39 Å². The molecule has 3 heterocycles. The van der Waals surface area contributed by atoms with Crippen molar-refractivity contribution >= 4 is 45.5 Å². The SMILES string of the molecule is CCOC(=O)c1c(SC)nn(-c2ncnc3c2nnc2c(C)cccc23)c1N. The van der Waals surface area contributed by atoms with E-state index >= 15 is 0 Å². The van der Waals surface area contributed by atoms with Crippen LogP contribution in [0.1, 0.15) is 22.8 Å². The Morgan fingerprint density at radius 2 is 2.00 bits per heavy atom. The molecule has 4 rings (SSSR count). The summed E-state index contributed by atoms with van der Waals surface area (Å²) in [5.74, 6) is -0.0423. The first-order valence-electron chi connectivity index (χ1n) is 8.53. The van der Waals surface area contributed by atoms with E-state index < -0.39 is 5.97 Å². The number of aromatic nitrogens is 6. The van der Waals surface area contributed by atoms with E-state index in [-0.39, 0.29) is 18.0 Å². The van der Waals surface area contributed by atoms with Gasteiger partial charge in [0.25, 0.3) is 0 Å². The van der Waals surface area contributed by atoms with Crippen LogP contribution in [0.5, 0.6) is 0 Å². The van der Waals surface area contributed by atoms with Crippen LogP contribution < -0.4 is 5.73 Å². The number of carbonyl (C=O) groups excluding carboxylic acids is 1. The number of thioether (sulfide) groups is 1. The van der Waals surface area contributed by atoms with Gasteiger partial charge in [0.05, 0.1) is 12.1 Å². The van der Waals surface area contributed by atoms with Crippen molar-refractivity contribution in [1.82, 2.24) is 29.9 Å². The number of hydrogen-bond acceptors (Lipinski definition) is 9. The van der Waals surface area contributed by atoms with Crippen molar-refractivity contribution in [3.8, 4) is 5.82 Å². The zero-order valence-corrected chi connectivity index (χ0v) is 16.3. The second-order valence-electron chi connectivity index (χ2n) is 5.97. The second-order valence-corrected chi connectivity index (χ2v) is 6.76. The Morgan fingerprint density at radius 3 is 2.75 bits per heavy atom. The Labute approximate surface area is 164 Å². The Kier molecular flexibility index (Phi) is 4.55. The van der Waals surface area contributed by atoms with Gasteiger partial charge < -0.3 is 10.5 Å². The number of fused-ring (bicyclic) bond motifs is 3. The van der Waals surface area contributed by atoms with E-state index in [1.54, 1.807) is 6.92 Å². The molecule has 9 nitrogen and oxygen atoms in total. The number of aryl methyl sites for hydroxylation is 1. The molecular weight excluding hydrogens is 378 g/mol. The molecule has 0 spiro atoms. The molecule has 142 valence electrons. The maximum atomic E-state index is 12.3. The number of rotatable bonds is 4. The lowest BCUT2D eigenvalue weighted by Crippen LogP contribution is -2.11. The summed E-state index contributed by atoms with van der Waals surface area (Å²) >= 11 is 1.30. The molecule has 0 saturated carbocycles. The second kappa shape index (κ2) is 7.04. The normalized spacial score (nSPS) is 11.2. The lowest BCUT2D eigenvalue weighted by atomic mass is 10.1. The molecular formula is C18H17N7O2S. The lowest BCUT2D eigenvalue weighted by Gasteiger charge is -2.08. The summed E-state index contributed by atoms with van der Waals surface area (Å²) in [7, 11) is 0. The summed E-state index contributed by atoms with van der Waals surface area (Å²) in [5.41, 5.74) is 9.31. The van der Waals surface area contributed by atoms with Gasteiger partial charge in [0.1, 0.15) is 28.3 Å². The highest BCUT2D eigenvalue weighted by molar-refractivity contribution is 7.98. The van der Waals surface area contributed by atoms with E-state index in [1.165, 1.54) is 22.8 Å². The molecule has 0 radical (unpaired) electrons. The first-order valence-corrected chi connectivity index (χ1v) is 9.76. The lowest BCUT2D eigenvalue weighted by molar-refractivity contribution is 0.0523. The van der Waals surface area contributed by atoms with Crippen molar-refractivity contribution in [3.05, 3.63) is 35.7 Å². The fourth-order valence-corrected chi connectivity index (χ4v) is 3.56. The molecule has 0 unspecified atom stereocenters. The minimum absolute atomic E-state index is 0.133. The summed E-state index contributed by atoms with van der Waals surface area (Å²) in [4.78, 5) is 21.0. The predicted molar refractivity (Wildman–Crippen MR) is 107 cm³/mol. The number of esters is 1. The largest absolute Gasteiger partial charge is 0.462 e. The molecule has 3 aromatic heterocycles. The van der Waals surface area contributed by atoms with Gasteiger partial charge in [-0.15, -0.1) is 22.0 Å². The van der Waals surface area contributed by atoms with E-state index in [9.17, 15) is 4.79 Å². The number of nitrogens with zero attached hydrogens (tertiary/aromatic N) is 6. The Balaban J connectivity index is 1.99. The van der Waals surface area contributed by atoms with Gasteiger partial charge in [-0.2, -0.15) is 9.78 Å². The fourth-order valence-electron chi connectivity index (χ4n) is 3.01. The smallest absolute Gasteiger partial charge is 0.344 e. The molecule has 0 aliphatic rings. The van der Waals surface area contributed by atoms with E-state index in [0.29, 0.717) is 21.9 Å². The van der Waals surface area contributed by atoms with Crippen molar-refractivity contribution in [3.63, 3.8) is 0 Å². The number of nitrogens with two attached hydrogens (primary N) is 1. The summed E-state index contributed by atoms with van der Waals surface area (Å²) in [6, 6.07) is 5.83. The fraction of sp³-hybridized carbons (Fsp3) is 0.222. The Hall–Kier alpha value is -3.27. The highest BCUT2D eigenvalue weighted by Crippen LogP contribution is 2.30. The number of hydrogen-bond donors (Lipinski definition) is 1. The summed E-state index contributed by atoms with van der Waals surface area (Å²) in [5, 5.41) is 14.4. The number of carbonyl (C=O) groups is 1. The van der Waals surface area contributed by atoms with Gasteiger partial charge >= 0.3 is 5.97 Å². The molecule has 0 bridgehead atoms. The molecule has 28 heavy (non-hydrogen) atoms. The van der Waals surface area contributed by atoms with Crippen LogP contribution in [0.15, 0.2) is 29.6 Å². The summed E-state index contributed by atoms with van der Waals surface area (Å²) in [6.45, 7) is 3.94. The van der Waals surface area contributed by atoms with E-state index in [2.05, 4.69) is 25.3 Å². The van der Waals surface area contributed by atoms with Crippen molar-refractivity contribution in [1.29, 1.82) is 0 Å². The zero-order chi connectivity index (χ0) is 19.8. The van der Waals surface area contributed by atoms with Gasteiger partial charge in [0.2, 0.25) is 0 Å². The minimum atomic E-state index is -0.527. The van der Waals surface area contributed by atoms with Crippen molar-refractivity contribution in [2.45, 2.75) is 18.9 Å². The molecule has 2 N–H and O–H groups in total. The van der Waals surface area contributed by atoms with Crippen LogP contribution in [0.2, 0.25) is 0 Å². The van der Waals surface area contributed by atoms with Crippen LogP contribution in [-0.2, 0) is 4.74 Å². The number of anilines is 1. The van der Waals surface area contributed by atoms with Gasteiger partial charge in [-0.3, -0.25) is 0 Å². The molecule has 10 heteroatoms. The molecule has 1 aromatic carbocycles. The first-order chi connectivity index (χ1) is 13.6. The minimum Gasteiger partial charge on any atom is -0.462 e. The summed E-state index contributed by atoms with van der Waals surface area (Å²) < 4.78 is 6.50. The van der Waals surface area contributed by atoms with Crippen LogP contribution in [0.4, 0.5) is 5.82 Å². The zero-order valence-electron chi connectivity index (χ0n) is 15.5. The molecule has 0 amide bonds. The highest BCUT2D eigenvalue weighted by atomic mass is 32.2. The maximum absolute atomic E-state index is 12.3. The highest BCUT2D eigenvalue weighted by Gasteiger charge is 2.25. The third-order valence-electron chi connectivity index (χ3n) is 4.31. The predicted octanol–water partition coefficient (Wildman–Crippen LogP) is 2.55. The molecule has 4 aromatic rings. The maximum Gasteiger partial charge on any atom is 0.344 e.